The van der Waals surface area contributed by atoms with Crippen molar-refractivity contribution in [2.24, 2.45) is 0 Å². The first kappa shape index (κ1) is 18.2. The van der Waals surface area contributed by atoms with Crippen LogP contribution in [0.25, 0.3) is 0 Å². The van der Waals surface area contributed by atoms with Crippen LogP contribution >= 0.6 is 0 Å². The van der Waals surface area contributed by atoms with Crippen LogP contribution in [0.5, 0.6) is 0 Å². The summed E-state index contributed by atoms with van der Waals surface area (Å²) in [4.78, 5) is 25.5. The van der Waals surface area contributed by atoms with Crippen molar-refractivity contribution >= 4 is 17.5 Å². The second kappa shape index (κ2) is 8.54. The summed E-state index contributed by atoms with van der Waals surface area (Å²) in [5.41, 5.74) is 4.17. The Morgan fingerprint density at radius 1 is 1.18 bits per heavy atom. The molecule has 0 bridgehead atoms. The topological polar surface area (TPSA) is 58.6 Å². The predicted molar refractivity (Wildman–Crippen MR) is 88.2 cm³/mol. The molecule has 1 rings (SSSR count). The largest absolute Gasteiger partial charge is 0.383 e. The molecule has 2 amide bonds. The molecule has 0 fully saturated rings. The Morgan fingerprint density at radius 3 is 2.27 bits per heavy atom. The lowest BCUT2D eigenvalue weighted by atomic mass is 10.0. The lowest BCUT2D eigenvalue weighted by Crippen LogP contribution is -2.35. The highest BCUT2D eigenvalue weighted by Gasteiger charge is 2.17. The standard InChI is InChI=1S/C17H26N2O3/c1-12-10-13(2)17(14(3)11-12)19(15(4)20)8-6-16(21)18-7-9-22-5/h10-11H,6-9H2,1-5H3,(H,18,21). The van der Waals surface area contributed by atoms with Gasteiger partial charge < -0.3 is 15.0 Å². The van der Waals surface area contributed by atoms with E-state index in [1.807, 2.05) is 20.8 Å². The van der Waals surface area contributed by atoms with Crippen molar-refractivity contribution in [1.82, 2.24) is 5.32 Å². The van der Waals surface area contributed by atoms with Gasteiger partial charge in [0.05, 0.1) is 6.61 Å². The number of hydrogen-bond donors (Lipinski definition) is 1. The Kier molecular flexibility index (Phi) is 7.05. The number of methoxy groups -OCH3 is 1. The summed E-state index contributed by atoms with van der Waals surface area (Å²) in [6.07, 6.45) is 0.274. The van der Waals surface area contributed by atoms with Crippen LogP contribution in [0, 0.1) is 20.8 Å². The van der Waals surface area contributed by atoms with Crippen LogP contribution in [0.2, 0.25) is 0 Å². The van der Waals surface area contributed by atoms with Crippen LogP contribution in [-0.2, 0) is 14.3 Å². The van der Waals surface area contributed by atoms with E-state index in [1.165, 1.54) is 12.5 Å². The molecule has 5 heteroatoms. The number of anilines is 1. The lowest BCUT2D eigenvalue weighted by Gasteiger charge is -2.25. The fraction of sp³-hybridized carbons (Fsp3) is 0.529. The van der Waals surface area contributed by atoms with Crippen molar-refractivity contribution in [2.75, 3.05) is 31.7 Å². The van der Waals surface area contributed by atoms with Gasteiger partial charge in [0.15, 0.2) is 0 Å². The van der Waals surface area contributed by atoms with E-state index >= 15 is 0 Å². The second-order valence-corrected chi connectivity index (χ2v) is 5.51. The minimum absolute atomic E-state index is 0.0558. The summed E-state index contributed by atoms with van der Waals surface area (Å²) in [7, 11) is 1.59. The third-order valence-corrected chi connectivity index (χ3v) is 3.48. The number of carbonyl (C=O) groups excluding carboxylic acids is 2. The molecule has 1 aromatic rings. The smallest absolute Gasteiger partial charge is 0.223 e. The Hall–Kier alpha value is -1.88. The van der Waals surface area contributed by atoms with Crippen LogP contribution in [0.4, 0.5) is 5.69 Å². The number of aryl methyl sites for hydroxylation is 3. The number of benzene rings is 1. The van der Waals surface area contributed by atoms with Crippen molar-refractivity contribution < 1.29 is 14.3 Å². The average Bonchev–Trinajstić information content (AvgIpc) is 2.41. The molecule has 0 unspecified atom stereocenters. The molecule has 1 N–H and O–H groups in total. The van der Waals surface area contributed by atoms with Gasteiger partial charge in [0.25, 0.3) is 0 Å². The first-order valence-electron chi connectivity index (χ1n) is 7.48. The molecule has 0 aliphatic carbocycles. The maximum absolute atomic E-state index is 12.0. The number of amides is 2. The van der Waals surface area contributed by atoms with Crippen LogP contribution in [0.3, 0.4) is 0 Å². The van der Waals surface area contributed by atoms with E-state index in [-0.39, 0.29) is 18.2 Å². The number of ether oxygens (including phenoxy) is 1. The maximum Gasteiger partial charge on any atom is 0.223 e. The summed E-state index contributed by atoms with van der Waals surface area (Å²) in [6, 6.07) is 4.11. The van der Waals surface area contributed by atoms with E-state index in [0.717, 1.165) is 16.8 Å². The highest BCUT2D eigenvalue weighted by atomic mass is 16.5. The fourth-order valence-corrected chi connectivity index (χ4v) is 2.62. The van der Waals surface area contributed by atoms with Crippen LogP contribution < -0.4 is 10.2 Å². The molecule has 0 aliphatic rings. The molecule has 0 radical (unpaired) electrons. The van der Waals surface area contributed by atoms with Crippen molar-refractivity contribution in [3.8, 4) is 0 Å². The van der Waals surface area contributed by atoms with E-state index in [4.69, 9.17) is 4.74 Å². The van der Waals surface area contributed by atoms with E-state index in [0.29, 0.717) is 19.7 Å². The lowest BCUT2D eigenvalue weighted by molar-refractivity contribution is -0.121. The summed E-state index contributed by atoms with van der Waals surface area (Å²) < 4.78 is 4.89. The second-order valence-electron chi connectivity index (χ2n) is 5.51. The Labute approximate surface area is 132 Å². The van der Waals surface area contributed by atoms with Crippen molar-refractivity contribution in [1.29, 1.82) is 0 Å². The SMILES string of the molecule is COCCNC(=O)CCN(C(C)=O)c1c(C)cc(C)cc1C. The summed E-state index contributed by atoms with van der Waals surface area (Å²) in [5.74, 6) is -0.134. The molecule has 0 heterocycles. The van der Waals surface area contributed by atoms with Gasteiger partial charge in [-0.25, -0.2) is 0 Å². The van der Waals surface area contributed by atoms with Crippen LogP contribution in [0.15, 0.2) is 12.1 Å². The van der Waals surface area contributed by atoms with E-state index in [1.54, 1.807) is 12.0 Å². The first-order chi connectivity index (χ1) is 10.4. The molecular formula is C17H26N2O3. The normalized spacial score (nSPS) is 10.4. The zero-order valence-corrected chi connectivity index (χ0v) is 14.2. The van der Waals surface area contributed by atoms with Crippen molar-refractivity contribution in [2.45, 2.75) is 34.1 Å². The first-order valence-corrected chi connectivity index (χ1v) is 7.48. The fourth-order valence-electron chi connectivity index (χ4n) is 2.62. The number of rotatable bonds is 7. The molecule has 0 saturated heterocycles. The minimum atomic E-state index is -0.0780. The van der Waals surface area contributed by atoms with Crippen LogP contribution in [0.1, 0.15) is 30.0 Å². The minimum Gasteiger partial charge on any atom is -0.383 e. The molecule has 22 heavy (non-hydrogen) atoms. The number of nitrogens with zero attached hydrogens (tertiary/aromatic N) is 1. The molecule has 5 nitrogen and oxygen atoms in total. The Morgan fingerprint density at radius 2 is 1.77 bits per heavy atom. The van der Waals surface area contributed by atoms with Gasteiger partial charge in [-0.15, -0.1) is 0 Å². The number of hydrogen-bond acceptors (Lipinski definition) is 3. The van der Waals surface area contributed by atoms with Gasteiger partial charge in [-0.1, -0.05) is 17.7 Å². The van der Waals surface area contributed by atoms with Gasteiger partial charge >= 0.3 is 0 Å². The third-order valence-electron chi connectivity index (χ3n) is 3.48. The zero-order chi connectivity index (χ0) is 16.7. The molecule has 1 aromatic carbocycles. The van der Waals surface area contributed by atoms with Crippen LogP contribution in [-0.4, -0.2) is 38.6 Å². The molecule has 0 aromatic heterocycles. The van der Waals surface area contributed by atoms with E-state index in [2.05, 4.69) is 17.4 Å². The molecule has 0 atom stereocenters. The zero-order valence-electron chi connectivity index (χ0n) is 14.2. The van der Waals surface area contributed by atoms with Gasteiger partial charge in [-0.05, 0) is 31.9 Å². The third kappa shape index (κ3) is 5.15. The summed E-state index contributed by atoms with van der Waals surface area (Å²) in [6.45, 7) is 8.88. The maximum atomic E-state index is 12.0. The molecule has 122 valence electrons. The summed E-state index contributed by atoms with van der Waals surface area (Å²) in [5, 5.41) is 2.77. The Bertz CT molecular complexity index is 518. The predicted octanol–water partition coefficient (Wildman–Crippen LogP) is 2.12. The molecule has 0 spiro atoms. The van der Waals surface area contributed by atoms with E-state index in [9.17, 15) is 9.59 Å². The average molecular weight is 306 g/mol. The highest BCUT2D eigenvalue weighted by Crippen LogP contribution is 2.26. The van der Waals surface area contributed by atoms with Gasteiger partial charge in [-0.2, -0.15) is 0 Å². The van der Waals surface area contributed by atoms with Gasteiger partial charge in [-0.3, -0.25) is 9.59 Å². The monoisotopic (exact) mass is 306 g/mol. The van der Waals surface area contributed by atoms with Gasteiger partial charge in [0.1, 0.15) is 0 Å². The van der Waals surface area contributed by atoms with Gasteiger partial charge in [0, 0.05) is 39.2 Å². The molecule has 0 aliphatic heterocycles. The quantitative estimate of drug-likeness (QED) is 0.785. The van der Waals surface area contributed by atoms with Crippen molar-refractivity contribution in [3.05, 3.63) is 28.8 Å². The van der Waals surface area contributed by atoms with E-state index < -0.39 is 0 Å². The highest BCUT2D eigenvalue weighted by molar-refractivity contribution is 5.94. The molecule has 0 saturated carbocycles. The molecular weight excluding hydrogens is 280 g/mol. The van der Waals surface area contributed by atoms with Gasteiger partial charge in [0.2, 0.25) is 11.8 Å². The van der Waals surface area contributed by atoms with Crippen molar-refractivity contribution in [3.63, 3.8) is 0 Å². The number of nitrogens with one attached hydrogen (secondary N) is 1. The number of carbonyl (C=O) groups is 2. The Balaban J connectivity index is 2.79. The summed E-state index contributed by atoms with van der Waals surface area (Å²) >= 11 is 0.